The zero-order valence-corrected chi connectivity index (χ0v) is 12.7. The van der Waals surface area contributed by atoms with Gasteiger partial charge in [0, 0.05) is 22.4 Å². The molecule has 1 aromatic rings. The zero-order valence-electron chi connectivity index (χ0n) is 11.1. The van der Waals surface area contributed by atoms with Crippen LogP contribution in [-0.2, 0) is 0 Å². The number of benzene rings is 1. The van der Waals surface area contributed by atoms with Gasteiger partial charge in [-0.1, -0.05) is 18.5 Å². The van der Waals surface area contributed by atoms with E-state index in [0.717, 1.165) is 17.7 Å². The molecule has 18 heavy (non-hydrogen) atoms. The minimum atomic E-state index is 0.147. The third kappa shape index (κ3) is 4.63. The maximum atomic E-state index is 12.1. The molecule has 0 bridgehead atoms. The largest absolute Gasteiger partial charge is 0.295 e. The van der Waals surface area contributed by atoms with Crippen molar-refractivity contribution in [2.45, 2.75) is 19.4 Å². The highest BCUT2D eigenvalue weighted by Crippen LogP contribution is 2.12. The SMILES string of the molecule is CCC(CSC)N(C)CC(=O)c1ccc(Cl)cc1. The van der Waals surface area contributed by atoms with Crippen LogP contribution in [0.3, 0.4) is 0 Å². The van der Waals surface area contributed by atoms with Crippen LogP contribution in [0.4, 0.5) is 0 Å². The molecule has 1 atom stereocenters. The lowest BCUT2D eigenvalue weighted by Gasteiger charge is -2.25. The zero-order chi connectivity index (χ0) is 13.5. The van der Waals surface area contributed by atoms with E-state index in [1.165, 1.54) is 0 Å². The third-order valence-corrected chi connectivity index (χ3v) is 3.98. The minimum absolute atomic E-state index is 0.147. The van der Waals surface area contributed by atoms with Crippen LogP contribution in [0, 0.1) is 0 Å². The molecule has 0 N–H and O–H groups in total. The summed E-state index contributed by atoms with van der Waals surface area (Å²) in [5.41, 5.74) is 0.727. The molecule has 0 aromatic heterocycles. The highest BCUT2D eigenvalue weighted by Gasteiger charge is 2.16. The number of halogens is 1. The summed E-state index contributed by atoms with van der Waals surface area (Å²) in [6, 6.07) is 7.54. The van der Waals surface area contributed by atoms with Crippen LogP contribution < -0.4 is 0 Å². The number of ketones is 1. The van der Waals surface area contributed by atoms with Crippen LogP contribution in [0.15, 0.2) is 24.3 Å². The summed E-state index contributed by atoms with van der Waals surface area (Å²) in [5.74, 6) is 1.20. The molecule has 4 heteroatoms. The summed E-state index contributed by atoms with van der Waals surface area (Å²) in [6.07, 6.45) is 3.16. The lowest BCUT2D eigenvalue weighted by Crippen LogP contribution is -2.37. The van der Waals surface area contributed by atoms with Crippen LogP contribution in [0.5, 0.6) is 0 Å². The molecule has 0 radical (unpaired) electrons. The molecule has 1 unspecified atom stereocenters. The van der Waals surface area contributed by atoms with Crippen molar-refractivity contribution in [3.8, 4) is 0 Å². The van der Waals surface area contributed by atoms with Crippen molar-refractivity contribution in [1.29, 1.82) is 0 Å². The Morgan fingerprint density at radius 1 is 1.39 bits per heavy atom. The Hall–Kier alpha value is -0.510. The molecule has 0 aliphatic heterocycles. The average Bonchev–Trinajstić information content (AvgIpc) is 2.36. The van der Waals surface area contributed by atoms with Crippen LogP contribution in [0.2, 0.25) is 5.02 Å². The van der Waals surface area contributed by atoms with Gasteiger partial charge in [-0.15, -0.1) is 0 Å². The van der Waals surface area contributed by atoms with Gasteiger partial charge in [-0.25, -0.2) is 0 Å². The van der Waals surface area contributed by atoms with Gasteiger partial charge in [0.25, 0.3) is 0 Å². The molecular formula is C14H20ClNOS. The second-order valence-corrected chi connectivity index (χ2v) is 5.71. The Bertz CT molecular complexity index is 380. The molecule has 100 valence electrons. The molecule has 1 rings (SSSR count). The predicted octanol–water partition coefficient (Wildman–Crippen LogP) is 3.60. The highest BCUT2D eigenvalue weighted by atomic mass is 35.5. The van der Waals surface area contributed by atoms with Crippen LogP contribution in [0.1, 0.15) is 23.7 Å². The molecule has 0 amide bonds. The van der Waals surface area contributed by atoms with Crippen molar-refractivity contribution in [1.82, 2.24) is 4.90 Å². The summed E-state index contributed by atoms with van der Waals surface area (Å²) in [7, 11) is 2.01. The van der Waals surface area contributed by atoms with Crippen LogP contribution in [0.25, 0.3) is 0 Å². The number of nitrogens with zero attached hydrogens (tertiary/aromatic N) is 1. The Morgan fingerprint density at radius 2 is 2.00 bits per heavy atom. The number of hydrogen-bond donors (Lipinski definition) is 0. The predicted molar refractivity (Wildman–Crippen MR) is 80.9 cm³/mol. The number of hydrogen-bond acceptors (Lipinski definition) is 3. The normalized spacial score (nSPS) is 12.7. The molecular weight excluding hydrogens is 266 g/mol. The summed E-state index contributed by atoms with van der Waals surface area (Å²) in [5, 5.41) is 0.661. The Morgan fingerprint density at radius 3 is 2.50 bits per heavy atom. The minimum Gasteiger partial charge on any atom is -0.295 e. The van der Waals surface area contributed by atoms with Gasteiger partial charge in [0.15, 0.2) is 5.78 Å². The fraction of sp³-hybridized carbons (Fsp3) is 0.500. The van der Waals surface area contributed by atoms with Gasteiger partial charge in [0.05, 0.1) is 6.54 Å². The number of thioether (sulfide) groups is 1. The second kappa shape index (κ2) is 7.82. The van der Waals surface area contributed by atoms with E-state index in [4.69, 9.17) is 11.6 Å². The number of rotatable bonds is 7. The van der Waals surface area contributed by atoms with Crippen molar-refractivity contribution in [3.05, 3.63) is 34.9 Å². The molecule has 0 saturated carbocycles. The molecule has 0 heterocycles. The van der Waals surface area contributed by atoms with Gasteiger partial charge >= 0.3 is 0 Å². The van der Waals surface area contributed by atoms with Gasteiger partial charge in [-0.2, -0.15) is 11.8 Å². The van der Waals surface area contributed by atoms with E-state index in [2.05, 4.69) is 18.1 Å². The van der Waals surface area contributed by atoms with E-state index in [1.807, 2.05) is 18.8 Å². The number of Topliss-reactive ketones (excluding diaryl/α,β-unsaturated/α-hetero) is 1. The molecule has 2 nitrogen and oxygen atoms in total. The highest BCUT2D eigenvalue weighted by molar-refractivity contribution is 7.98. The van der Waals surface area contributed by atoms with E-state index in [0.29, 0.717) is 17.6 Å². The summed E-state index contributed by atoms with van der Waals surface area (Å²) in [6.45, 7) is 2.62. The van der Waals surface area contributed by atoms with Crippen molar-refractivity contribution < 1.29 is 4.79 Å². The maximum Gasteiger partial charge on any atom is 0.176 e. The first-order valence-corrected chi connectivity index (χ1v) is 7.83. The fourth-order valence-electron chi connectivity index (χ4n) is 1.83. The first-order valence-electron chi connectivity index (χ1n) is 6.06. The van der Waals surface area contributed by atoms with Crippen LogP contribution >= 0.6 is 23.4 Å². The first kappa shape index (κ1) is 15.5. The van der Waals surface area contributed by atoms with E-state index >= 15 is 0 Å². The summed E-state index contributed by atoms with van der Waals surface area (Å²) in [4.78, 5) is 14.2. The van der Waals surface area contributed by atoms with E-state index < -0.39 is 0 Å². The van der Waals surface area contributed by atoms with Crippen molar-refractivity contribution >= 4 is 29.1 Å². The lowest BCUT2D eigenvalue weighted by atomic mass is 10.1. The van der Waals surface area contributed by atoms with Gasteiger partial charge < -0.3 is 0 Å². The van der Waals surface area contributed by atoms with E-state index in [-0.39, 0.29) is 5.78 Å². The van der Waals surface area contributed by atoms with Gasteiger partial charge in [0.1, 0.15) is 0 Å². The number of carbonyl (C=O) groups excluding carboxylic acids is 1. The van der Waals surface area contributed by atoms with Crippen LogP contribution in [-0.4, -0.2) is 42.3 Å². The molecule has 0 saturated heterocycles. The molecule has 0 spiro atoms. The first-order chi connectivity index (χ1) is 8.58. The third-order valence-electron chi connectivity index (χ3n) is 3.01. The topological polar surface area (TPSA) is 20.3 Å². The monoisotopic (exact) mass is 285 g/mol. The number of likely N-dealkylation sites (N-methyl/N-ethyl adjacent to an activating group) is 1. The lowest BCUT2D eigenvalue weighted by molar-refractivity contribution is 0.0925. The summed E-state index contributed by atoms with van der Waals surface area (Å²) >= 11 is 7.63. The van der Waals surface area contributed by atoms with Crippen molar-refractivity contribution in [3.63, 3.8) is 0 Å². The van der Waals surface area contributed by atoms with E-state index in [9.17, 15) is 4.79 Å². The molecule has 0 fully saturated rings. The van der Waals surface area contributed by atoms with Crippen molar-refractivity contribution in [2.24, 2.45) is 0 Å². The van der Waals surface area contributed by atoms with Gasteiger partial charge in [-0.3, -0.25) is 9.69 Å². The Labute approximate surface area is 119 Å². The fourth-order valence-corrected chi connectivity index (χ4v) is 2.83. The summed E-state index contributed by atoms with van der Waals surface area (Å²) < 4.78 is 0. The standard InChI is InChI=1S/C14H20ClNOS/c1-4-13(10-18-3)16(2)9-14(17)11-5-7-12(15)8-6-11/h5-8,13H,4,9-10H2,1-3H3. The Kier molecular flexibility index (Phi) is 6.76. The van der Waals surface area contributed by atoms with E-state index in [1.54, 1.807) is 24.3 Å². The smallest absolute Gasteiger partial charge is 0.176 e. The number of carbonyl (C=O) groups is 1. The quantitative estimate of drug-likeness (QED) is 0.714. The maximum absolute atomic E-state index is 12.1. The molecule has 0 aliphatic carbocycles. The Balaban J connectivity index is 2.60. The van der Waals surface area contributed by atoms with Gasteiger partial charge in [-0.05, 0) is 44.0 Å². The van der Waals surface area contributed by atoms with Gasteiger partial charge in [0.2, 0.25) is 0 Å². The van der Waals surface area contributed by atoms with Crippen molar-refractivity contribution in [2.75, 3.05) is 25.6 Å². The molecule has 1 aromatic carbocycles. The average molecular weight is 286 g/mol. The second-order valence-electron chi connectivity index (χ2n) is 4.36. The molecule has 0 aliphatic rings.